The van der Waals surface area contributed by atoms with Crippen LogP contribution in [0, 0.1) is 22.7 Å². The van der Waals surface area contributed by atoms with E-state index in [2.05, 4.69) is 82.1 Å². The normalized spacial score (nSPS) is 20.2. The van der Waals surface area contributed by atoms with Crippen molar-refractivity contribution in [3.05, 3.63) is 142 Å². The van der Waals surface area contributed by atoms with Gasteiger partial charge in [0.25, 0.3) is 18.3 Å². The van der Waals surface area contributed by atoms with E-state index in [-0.39, 0.29) is 179 Å². The van der Waals surface area contributed by atoms with E-state index in [9.17, 15) is 55.1 Å². The number of alkyl halides is 7. The fourth-order valence-corrected chi connectivity index (χ4v) is 10.5. The third kappa shape index (κ3) is 19.6. The van der Waals surface area contributed by atoms with Crippen LogP contribution in [-0.4, -0.2) is 95.5 Å². The molecule has 1 N–H and O–H groups in total. The van der Waals surface area contributed by atoms with Crippen LogP contribution >= 0.6 is 15.9 Å². The van der Waals surface area contributed by atoms with E-state index in [0.717, 1.165) is 62.8 Å². The van der Waals surface area contributed by atoms with Gasteiger partial charge in [-0.05, 0) is 123 Å². The second-order valence-corrected chi connectivity index (χ2v) is 22.6. The van der Waals surface area contributed by atoms with Crippen molar-refractivity contribution in [2.75, 3.05) is 26.1 Å². The molecule has 0 aromatic heterocycles. The Morgan fingerprint density at radius 1 is 0.651 bits per heavy atom. The van der Waals surface area contributed by atoms with Gasteiger partial charge in [-0.1, -0.05) is 106 Å². The monoisotopic (exact) mass is 1280 g/mol. The van der Waals surface area contributed by atoms with Crippen molar-refractivity contribution in [3.63, 3.8) is 0 Å². The number of hydrogen-bond donors (Lipinski definition) is 1. The third-order valence-corrected chi connectivity index (χ3v) is 15.4. The molecule has 0 saturated heterocycles. The van der Waals surface area contributed by atoms with Crippen LogP contribution in [0.1, 0.15) is 158 Å². The number of nitrogens with zero attached hydrogens (tertiary/aromatic N) is 3. The van der Waals surface area contributed by atoms with Gasteiger partial charge in [-0.25, -0.2) is 9.59 Å². The summed E-state index contributed by atoms with van der Waals surface area (Å²) in [6.07, 6.45) is -3.09. The number of Topliss-reactive ketones (excluding diaryl/α,β-unsaturated/α-hetero) is 2. The Hall–Kier alpha value is -3.80. The molecule has 4 aromatic carbocycles. The summed E-state index contributed by atoms with van der Waals surface area (Å²) in [7, 11) is 2.58. The van der Waals surface area contributed by atoms with Crippen molar-refractivity contribution >= 4 is 69.1 Å². The van der Waals surface area contributed by atoms with Crippen molar-refractivity contribution in [2.45, 2.75) is 117 Å². The molecule has 0 bridgehead atoms. The number of carbonyl (C=O) groups is 7. The summed E-state index contributed by atoms with van der Waals surface area (Å²) in [5.74, 6) is -1.29. The van der Waals surface area contributed by atoms with Gasteiger partial charge < -0.3 is 31.3 Å². The van der Waals surface area contributed by atoms with Crippen LogP contribution in [-0.2, 0) is 41.1 Å². The molecule has 0 radical (unpaired) electrons. The first-order valence-corrected chi connectivity index (χ1v) is 26.9. The number of aliphatic imine (C=N–C) groups is 2. The van der Waals surface area contributed by atoms with Gasteiger partial charge in [-0.2, -0.15) is 26.3 Å². The SMILES string of the molecule is CC(C)(C)C1CCC2(CC1)N=C(c1cccc(C(F)(F)F)c1)C(=O)N2.COC(=O)c1ccc(C(=O)CBr)cc1.COC(=O)c1ccc(C(=O)CN2C(=O)C(c3cccc(C(F)(F)F)c3)=NC23CCC(C(C)(C)C)CC3)cc1.O=CO[O-].[H-].[K+].[K+]. The number of nitrogens with one attached hydrogen (secondary N) is 1. The molecule has 2 amide bonds. The zero-order chi connectivity index (χ0) is 60.3. The number of amides is 2. The Morgan fingerprint density at radius 2 is 1.04 bits per heavy atom. The van der Waals surface area contributed by atoms with Gasteiger partial charge in [0, 0.05) is 22.3 Å². The summed E-state index contributed by atoms with van der Waals surface area (Å²) in [6, 6.07) is 21.7. The molecule has 83 heavy (non-hydrogen) atoms. The fourth-order valence-electron chi connectivity index (χ4n) is 10.1. The summed E-state index contributed by atoms with van der Waals surface area (Å²) in [4.78, 5) is 95.3. The molecule has 4 aliphatic rings. The summed E-state index contributed by atoms with van der Waals surface area (Å²) < 4.78 is 88.1. The minimum Gasteiger partial charge on any atom is -1.00 e. The second-order valence-electron chi connectivity index (χ2n) is 22.0. The molecule has 438 valence electrons. The molecule has 2 aliphatic carbocycles. The van der Waals surface area contributed by atoms with Crippen molar-refractivity contribution in [3.8, 4) is 0 Å². The quantitative estimate of drug-likeness (QED) is 0.0323. The van der Waals surface area contributed by atoms with E-state index in [4.69, 9.17) is 15.0 Å². The zero-order valence-electron chi connectivity index (χ0n) is 49.0. The van der Waals surface area contributed by atoms with Gasteiger partial charge in [0.15, 0.2) is 11.6 Å². The molecule has 2 fully saturated rings. The van der Waals surface area contributed by atoms with Gasteiger partial charge in [-0.3, -0.25) is 34.0 Å². The molecule has 0 atom stereocenters. The van der Waals surface area contributed by atoms with Gasteiger partial charge in [0.1, 0.15) is 22.7 Å². The predicted octanol–water partition coefficient (Wildman–Crippen LogP) is 5.10. The first kappa shape index (κ1) is 73.5. The molecule has 2 saturated carbocycles. The third-order valence-electron chi connectivity index (χ3n) is 14.9. The molecule has 2 aliphatic heterocycles. The first-order chi connectivity index (χ1) is 37.8. The van der Waals surface area contributed by atoms with E-state index < -0.39 is 52.7 Å². The number of methoxy groups -OCH3 is 2. The molecule has 24 heteroatoms. The van der Waals surface area contributed by atoms with Crippen molar-refractivity contribution in [1.29, 1.82) is 0 Å². The van der Waals surface area contributed by atoms with Crippen molar-refractivity contribution < 1.29 is 184 Å². The van der Waals surface area contributed by atoms with Crippen LogP contribution in [0.15, 0.2) is 107 Å². The standard InChI is InChI=1S/C29H31F3N2O4.C19H23F3N2O.C10H9BrO3.CH2O3.2K.H/c1-27(2,3)21-12-14-28(15-13-21)33-24(20-6-5-7-22(16-20)29(30,31)32)25(36)34(28)17-23(35)18-8-10-19(11-9-18)26(37)38-4;1-17(2,3)13-7-9-18(10-8-13)23-15(16(25)24-18)12-5-4-6-14(11-12)19(20,21)22;1-14-10(13)8-4-2-7(3-5-8)9(12)6-11;2-1-4-3;;;/h5-11,16,21H,12-15,17H2,1-4H3;4-6,11,13H,7-10H2,1-3H3,(H,24,25);2-5H,6H2,1H3;1,3H;;;/q;;;;2*+1;-1/p-1. The van der Waals surface area contributed by atoms with Crippen LogP contribution in [0.3, 0.4) is 0 Å². The summed E-state index contributed by atoms with van der Waals surface area (Å²) >= 11 is 3.07. The topological polar surface area (TPSA) is 210 Å². The Labute approximate surface area is 573 Å². The van der Waals surface area contributed by atoms with E-state index in [0.29, 0.717) is 41.4 Å². The average molecular weight is 1280 g/mol. The number of halogens is 7. The number of ether oxygens (including phenoxy) is 2. The number of esters is 2. The molecule has 4 aromatic rings. The van der Waals surface area contributed by atoms with Gasteiger partial charge >= 0.3 is 127 Å². The summed E-state index contributed by atoms with van der Waals surface area (Å²) in [5.41, 5.74) is -1.04. The molecule has 2 spiro atoms. The van der Waals surface area contributed by atoms with Gasteiger partial charge in [-0.15, -0.1) is 0 Å². The Morgan fingerprint density at radius 3 is 1.41 bits per heavy atom. The summed E-state index contributed by atoms with van der Waals surface area (Å²) in [6.45, 7) is 12.6. The van der Waals surface area contributed by atoms with Crippen LogP contribution in [0.2, 0.25) is 0 Å². The largest absolute Gasteiger partial charge is 1.00 e. The minimum atomic E-state index is -4.56. The maximum atomic E-state index is 13.7. The van der Waals surface area contributed by atoms with Crippen LogP contribution in [0.25, 0.3) is 0 Å². The van der Waals surface area contributed by atoms with Crippen LogP contribution in [0.5, 0.6) is 0 Å². The maximum absolute atomic E-state index is 13.7. The first-order valence-electron chi connectivity index (χ1n) is 25.8. The molecule has 0 unspecified atom stereocenters. The van der Waals surface area contributed by atoms with E-state index in [1.807, 2.05) is 0 Å². The van der Waals surface area contributed by atoms with E-state index >= 15 is 0 Å². The van der Waals surface area contributed by atoms with E-state index in [1.165, 1.54) is 67.7 Å². The Bertz CT molecular complexity index is 2970. The zero-order valence-corrected chi connectivity index (χ0v) is 55.9. The number of hydrogen-bond acceptors (Lipinski definition) is 13. The molecule has 15 nitrogen and oxygen atoms in total. The number of rotatable bonds is 10. The number of carbonyl (C=O) groups excluding carboxylic acids is 7. The Balaban J connectivity index is 0.000000449. The molecule has 8 rings (SSSR count). The average Bonchev–Trinajstić information content (AvgIpc) is 2.92. The van der Waals surface area contributed by atoms with Crippen LogP contribution < -0.4 is 113 Å². The van der Waals surface area contributed by atoms with Crippen molar-refractivity contribution in [2.24, 2.45) is 32.7 Å². The smallest absolute Gasteiger partial charge is 1.00 e. The molecular weight excluding hydrogens is 1210 g/mol. The van der Waals surface area contributed by atoms with Gasteiger partial charge in [0.2, 0.25) is 0 Å². The number of benzene rings is 4. The predicted molar refractivity (Wildman–Crippen MR) is 290 cm³/mol. The summed E-state index contributed by atoms with van der Waals surface area (Å²) in [5, 5.41) is 11.6. The van der Waals surface area contributed by atoms with Crippen molar-refractivity contribution in [1.82, 2.24) is 10.2 Å². The maximum Gasteiger partial charge on any atom is 1.00 e. The van der Waals surface area contributed by atoms with E-state index in [1.54, 1.807) is 24.3 Å². The van der Waals surface area contributed by atoms with Gasteiger partial charge in [0.05, 0.1) is 48.3 Å². The number of ketones is 2. The van der Waals surface area contributed by atoms with Crippen LogP contribution in [0.4, 0.5) is 26.3 Å². The molecule has 2 heterocycles. The molecular formula is C59H65BrF6K2N4O11. The second kappa shape index (κ2) is 31.2. The Kier molecular flexibility index (Phi) is 27.6. The fraction of sp³-hybridized carbons (Fsp3) is 0.441. The minimum absolute atomic E-state index is 0.